The van der Waals surface area contributed by atoms with Crippen molar-refractivity contribution in [1.29, 1.82) is 5.26 Å². The lowest BCUT2D eigenvalue weighted by molar-refractivity contribution is -0.155. The van der Waals surface area contributed by atoms with E-state index in [1.807, 2.05) is 37.3 Å². The second-order valence-electron chi connectivity index (χ2n) is 6.42. The molecule has 0 aromatic heterocycles. The maximum Gasteiger partial charge on any atom is 0.344 e. The Morgan fingerprint density at radius 2 is 1.93 bits per heavy atom. The molecule has 2 aromatic carbocycles. The van der Waals surface area contributed by atoms with Gasteiger partial charge in [-0.05, 0) is 44.0 Å². The van der Waals surface area contributed by atoms with E-state index in [1.54, 1.807) is 36.1 Å². The molecule has 3 rings (SSSR count). The number of amides is 1. The average molecular weight is 364 g/mol. The number of fused-ring (bicyclic) bond motifs is 1. The Kier molecular flexibility index (Phi) is 5.41. The van der Waals surface area contributed by atoms with Gasteiger partial charge in [0.15, 0.2) is 12.7 Å². The third kappa shape index (κ3) is 3.93. The number of esters is 1. The van der Waals surface area contributed by atoms with Crippen LogP contribution in [0.1, 0.15) is 25.0 Å². The minimum atomic E-state index is -0.930. The van der Waals surface area contributed by atoms with Gasteiger partial charge < -0.3 is 14.4 Å². The van der Waals surface area contributed by atoms with Gasteiger partial charge in [0.1, 0.15) is 11.8 Å². The first-order valence-corrected chi connectivity index (χ1v) is 8.73. The first-order chi connectivity index (χ1) is 13.0. The molecule has 6 nitrogen and oxygen atoms in total. The Balaban J connectivity index is 1.60. The topological polar surface area (TPSA) is 79.6 Å². The highest BCUT2D eigenvalue weighted by molar-refractivity contribution is 5.99. The normalized spacial score (nSPS) is 16.2. The Hall–Kier alpha value is -3.33. The van der Waals surface area contributed by atoms with E-state index in [1.165, 1.54) is 0 Å². The minimum Gasteiger partial charge on any atom is -0.481 e. The van der Waals surface area contributed by atoms with E-state index in [4.69, 9.17) is 14.7 Å². The lowest BCUT2D eigenvalue weighted by atomic mass is 10.1. The van der Waals surface area contributed by atoms with Gasteiger partial charge in [-0.25, -0.2) is 4.79 Å². The summed E-state index contributed by atoms with van der Waals surface area (Å²) in [5.74, 6) is -0.625. The van der Waals surface area contributed by atoms with E-state index in [0.717, 1.165) is 17.7 Å². The summed E-state index contributed by atoms with van der Waals surface area (Å²) in [7, 11) is 0. The molecule has 2 aromatic rings. The Morgan fingerprint density at radius 1 is 1.22 bits per heavy atom. The molecule has 6 heteroatoms. The molecule has 0 N–H and O–H groups in total. The molecule has 0 saturated carbocycles. The zero-order valence-corrected chi connectivity index (χ0v) is 15.2. The van der Waals surface area contributed by atoms with Crippen molar-refractivity contribution in [3.05, 3.63) is 59.7 Å². The van der Waals surface area contributed by atoms with Crippen LogP contribution < -0.4 is 9.64 Å². The highest BCUT2D eigenvalue weighted by Gasteiger charge is 2.34. The smallest absolute Gasteiger partial charge is 0.344 e. The maximum absolute atomic E-state index is 12.8. The number of carbonyl (C=O) groups is 2. The predicted molar refractivity (Wildman–Crippen MR) is 99.3 cm³/mol. The molecular formula is C21H20N2O4. The summed E-state index contributed by atoms with van der Waals surface area (Å²) in [5.41, 5.74) is 2.29. The quantitative estimate of drug-likeness (QED) is 0.762. The summed E-state index contributed by atoms with van der Waals surface area (Å²) in [6.07, 6.45) is -0.155. The average Bonchev–Trinajstić information content (AvgIpc) is 3.01. The van der Waals surface area contributed by atoms with Gasteiger partial charge >= 0.3 is 5.97 Å². The van der Waals surface area contributed by atoms with Crippen molar-refractivity contribution in [2.24, 2.45) is 0 Å². The van der Waals surface area contributed by atoms with Crippen LogP contribution in [-0.4, -0.2) is 30.6 Å². The number of benzene rings is 2. The van der Waals surface area contributed by atoms with Crippen LogP contribution in [0.5, 0.6) is 5.75 Å². The van der Waals surface area contributed by atoms with Gasteiger partial charge in [0, 0.05) is 11.7 Å². The van der Waals surface area contributed by atoms with E-state index in [2.05, 4.69) is 0 Å². The lowest BCUT2D eigenvalue weighted by Gasteiger charge is -2.25. The van der Waals surface area contributed by atoms with Crippen molar-refractivity contribution in [1.82, 2.24) is 0 Å². The molecule has 1 amide bonds. The summed E-state index contributed by atoms with van der Waals surface area (Å²) in [5, 5.41) is 9.03. The van der Waals surface area contributed by atoms with Gasteiger partial charge in [0.05, 0.1) is 5.56 Å². The van der Waals surface area contributed by atoms with Crippen molar-refractivity contribution >= 4 is 17.6 Å². The van der Waals surface area contributed by atoms with E-state index in [0.29, 0.717) is 11.3 Å². The van der Waals surface area contributed by atoms with Crippen molar-refractivity contribution in [3.8, 4) is 11.8 Å². The molecule has 0 saturated heterocycles. The fraction of sp³-hybridized carbons (Fsp3) is 0.286. The standard InChI is InChI=1S/C21H20N2O4/c1-14-11-16-7-3-5-9-18(16)23(14)21(25)15(2)27-20(24)13-26-19-10-6-4-8-17(19)12-22/h3-10,14-15H,11,13H2,1-2H3/t14-,15-/m0/s1. The van der Waals surface area contributed by atoms with Crippen molar-refractivity contribution in [2.45, 2.75) is 32.4 Å². The number of ether oxygens (including phenoxy) is 2. The molecule has 0 radical (unpaired) electrons. The summed E-state index contributed by atoms with van der Waals surface area (Å²) < 4.78 is 10.6. The van der Waals surface area contributed by atoms with Crippen LogP contribution in [0.3, 0.4) is 0 Å². The second-order valence-corrected chi connectivity index (χ2v) is 6.42. The number of para-hydroxylation sites is 2. The van der Waals surface area contributed by atoms with E-state index in [9.17, 15) is 9.59 Å². The van der Waals surface area contributed by atoms with Gasteiger partial charge in [-0.2, -0.15) is 5.26 Å². The fourth-order valence-corrected chi connectivity index (χ4v) is 3.20. The van der Waals surface area contributed by atoms with E-state index < -0.39 is 12.1 Å². The second kappa shape index (κ2) is 7.92. The monoisotopic (exact) mass is 364 g/mol. The van der Waals surface area contributed by atoms with Crippen molar-refractivity contribution in [3.63, 3.8) is 0 Å². The molecule has 0 bridgehead atoms. The van der Waals surface area contributed by atoms with E-state index >= 15 is 0 Å². The van der Waals surface area contributed by atoms with Crippen LogP contribution in [0.15, 0.2) is 48.5 Å². The number of nitriles is 1. The largest absolute Gasteiger partial charge is 0.481 e. The minimum absolute atomic E-state index is 0.00908. The highest BCUT2D eigenvalue weighted by atomic mass is 16.6. The van der Waals surface area contributed by atoms with Crippen LogP contribution >= 0.6 is 0 Å². The SMILES string of the molecule is C[C@H](OC(=O)COc1ccccc1C#N)C(=O)N1c2ccccc2C[C@@H]1C. The molecule has 0 unspecified atom stereocenters. The molecule has 0 aliphatic carbocycles. The molecule has 1 heterocycles. The maximum atomic E-state index is 12.8. The van der Waals surface area contributed by atoms with E-state index in [-0.39, 0.29) is 18.6 Å². The number of rotatable bonds is 5. The van der Waals surface area contributed by atoms with Gasteiger partial charge in [-0.1, -0.05) is 30.3 Å². The zero-order valence-electron chi connectivity index (χ0n) is 15.2. The zero-order chi connectivity index (χ0) is 19.4. The molecular weight excluding hydrogens is 344 g/mol. The lowest BCUT2D eigenvalue weighted by Crippen LogP contribution is -2.43. The highest BCUT2D eigenvalue weighted by Crippen LogP contribution is 2.32. The Morgan fingerprint density at radius 3 is 2.70 bits per heavy atom. The molecule has 1 aliphatic rings. The molecule has 138 valence electrons. The first kappa shape index (κ1) is 18.5. The van der Waals surface area contributed by atoms with Gasteiger partial charge in [-0.3, -0.25) is 4.79 Å². The van der Waals surface area contributed by atoms with Crippen LogP contribution in [0, 0.1) is 11.3 Å². The number of hydrogen-bond acceptors (Lipinski definition) is 5. The molecule has 0 fully saturated rings. The summed E-state index contributed by atoms with van der Waals surface area (Å²) in [4.78, 5) is 26.5. The number of anilines is 1. The number of nitrogens with zero attached hydrogens (tertiary/aromatic N) is 2. The number of hydrogen-bond donors (Lipinski definition) is 0. The summed E-state index contributed by atoms with van der Waals surface area (Å²) >= 11 is 0. The summed E-state index contributed by atoms with van der Waals surface area (Å²) in [6, 6.07) is 16.3. The third-order valence-electron chi connectivity index (χ3n) is 4.45. The van der Waals surface area contributed by atoms with Crippen molar-refractivity contribution < 1.29 is 19.1 Å². The van der Waals surface area contributed by atoms with Crippen molar-refractivity contribution in [2.75, 3.05) is 11.5 Å². The molecule has 2 atom stereocenters. The first-order valence-electron chi connectivity index (χ1n) is 8.73. The van der Waals surface area contributed by atoms with Crippen LogP contribution in [0.25, 0.3) is 0 Å². The predicted octanol–water partition coefficient (Wildman–Crippen LogP) is 2.85. The number of carbonyl (C=O) groups excluding carboxylic acids is 2. The summed E-state index contributed by atoms with van der Waals surface area (Å²) in [6.45, 7) is 3.15. The van der Waals surface area contributed by atoms with Gasteiger partial charge in [0.25, 0.3) is 5.91 Å². The Bertz CT molecular complexity index is 903. The van der Waals surface area contributed by atoms with Crippen LogP contribution in [0.4, 0.5) is 5.69 Å². The molecule has 0 spiro atoms. The third-order valence-corrected chi connectivity index (χ3v) is 4.45. The van der Waals surface area contributed by atoms with Gasteiger partial charge in [0.2, 0.25) is 0 Å². The van der Waals surface area contributed by atoms with Crippen LogP contribution in [-0.2, 0) is 20.7 Å². The molecule has 27 heavy (non-hydrogen) atoms. The van der Waals surface area contributed by atoms with Crippen LogP contribution in [0.2, 0.25) is 0 Å². The fourth-order valence-electron chi connectivity index (χ4n) is 3.20. The Labute approximate surface area is 157 Å². The molecule has 1 aliphatic heterocycles. The van der Waals surface area contributed by atoms with Gasteiger partial charge in [-0.15, -0.1) is 0 Å².